The second-order valence-electron chi connectivity index (χ2n) is 7.02. The van der Waals surface area contributed by atoms with Gasteiger partial charge < -0.3 is 0 Å². The van der Waals surface area contributed by atoms with Crippen LogP contribution in [0.2, 0.25) is 0 Å². The summed E-state index contributed by atoms with van der Waals surface area (Å²) in [7, 11) is 0. The first-order valence-corrected chi connectivity index (χ1v) is 9.30. The molecule has 0 unspecified atom stereocenters. The molecule has 3 rings (SSSR count). The fourth-order valence-corrected chi connectivity index (χ4v) is 4.33. The van der Waals surface area contributed by atoms with E-state index in [2.05, 4.69) is 59.4 Å². The molecule has 2 aromatic carbocycles. The predicted molar refractivity (Wildman–Crippen MR) is 105 cm³/mol. The zero-order valence-corrected chi connectivity index (χ0v) is 15.3. The number of nitrogens with one attached hydrogen (secondary N) is 2. The Morgan fingerprint density at radius 3 is 1.56 bits per heavy atom. The number of rotatable bonds is 8. The maximum atomic E-state index is 11.6. The molecule has 27 heavy (non-hydrogen) atoms. The van der Waals surface area contributed by atoms with Crippen molar-refractivity contribution in [2.24, 2.45) is 11.7 Å². The summed E-state index contributed by atoms with van der Waals surface area (Å²) in [6, 6.07) is 16.8. The summed E-state index contributed by atoms with van der Waals surface area (Å²) in [4.78, 5) is 23.2. The summed E-state index contributed by atoms with van der Waals surface area (Å²) >= 11 is 0. The summed E-state index contributed by atoms with van der Waals surface area (Å²) in [5.41, 5.74) is 9.20. The molecule has 0 aliphatic heterocycles. The van der Waals surface area contributed by atoms with E-state index in [1.807, 2.05) is 0 Å². The Morgan fingerprint density at radius 1 is 0.741 bits per heavy atom. The fourth-order valence-electron chi connectivity index (χ4n) is 4.33. The number of hydrazine groups is 2. The molecule has 2 aromatic rings. The molecule has 0 aromatic heterocycles. The molecule has 0 spiro atoms. The maximum absolute atomic E-state index is 11.6. The van der Waals surface area contributed by atoms with Crippen LogP contribution in [-0.4, -0.2) is 11.8 Å². The van der Waals surface area contributed by atoms with E-state index in [0.29, 0.717) is 12.8 Å². The van der Waals surface area contributed by atoms with E-state index in [9.17, 15) is 9.59 Å². The van der Waals surface area contributed by atoms with E-state index in [0.717, 1.165) is 25.7 Å². The van der Waals surface area contributed by atoms with Gasteiger partial charge in [-0.2, -0.15) is 0 Å². The van der Waals surface area contributed by atoms with Crippen molar-refractivity contribution in [3.63, 3.8) is 0 Å². The summed E-state index contributed by atoms with van der Waals surface area (Å²) < 4.78 is 0. The van der Waals surface area contributed by atoms with Crippen LogP contribution >= 0.6 is 0 Å². The zero-order chi connectivity index (χ0) is 19.3. The van der Waals surface area contributed by atoms with Crippen molar-refractivity contribution in [2.75, 3.05) is 0 Å². The van der Waals surface area contributed by atoms with Gasteiger partial charge in [0.1, 0.15) is 0 Å². The summed E-state index contributed by atoms with van der Waals surface area (Å²) in [5.74, 6) is 10.1. The Kier molecular flexibility index (Phi) is 5.88. The topological polar surface area (TPSA) is 110 Å². The van der Waals surface area contributed by atoms with Crippen LogP contribution < -0.4 is 22.5 Å². The minimum atomic E-state index is -0.211. The highest BCUT2D eigenvalue weighted by Gasteiger charge is 2.41. The lowest BCUT2D eigenvalue weighted by molar-refractivity contribution is -0.122. The Balaban J connectivity index is 1.95. The first-order valence-electron chi connectivity index (χ1n) is 9.30. The van der Waals surface area contributed by atoms with E-state index in [-0.39, 0.29) is 17.2 Å². The van der Waals surface area contributed by atoms with Gasteiger partial charge in [-0.15, -0.1) is 0 Å². The number of fused-ring (bicyclic) bond motifs is 3. The summed E-state index contributed by atoms with van der Waals surface area (Å²) in [6.07, 6.45) is 3.83. The van der Waals surface area contributed by atoms with Gasteiger partial charge in [-0.25, -0.2) is 11.7 Å². The van der Waals surface area contributed by atoms with Crippen molar-refractivity contribution < 1.29 is 9.59 Å². The molecule has 6 nitrogen and oxygen atoms in total. The van der Waals surface area contributed by atoms with Gasteiger partial charge in [0.2, 0.25) is 11.8 Å². The first-order chi connectivity index (χ1) is 13.1. The van der Waals surface area contributed by atoms with Crippen molar-refractivity contribution >= 4 is 11.8 Å². The molecule has 1 aliphatic carbocycles. The van der Waals surface area contributed by atoms with Crippen LogP contribution in [0.3, 0.4) is 0 Å². The molecule has 0 heterocycles. The van der Waals surface area contributed by atoms with Crippen LogP contribution in [-0.2, 0) is 15.0 Å². The molecule has 0 saturated carbocycles. The average Bonchev–Trinajstić information content (AvgIpc) is 2.98. The number of carbonyl (C=O) groups excluding carboxylic acids is 2. The van der Waals surface area contributed by atoms with Crippen molar-refractivity contribution in [1.82, 2.24) is 10.9 Å². The van der Waals surface area contributed by atoms with Crippen LogP contribution in [0.4, 0.5) is 0 Å². The molecule has 2 amide bonds. The third-order valence-electron chi connectivity index (χ3n) is 5.51. The molecular weight excluding hydrogens is 340 g/mol. The van der Waals surface area contributed by atoms with Crippen LogP contribution in [0.1, 0.15) is 49.7 Å². The molecule has 0 fully saturated rings. The molecule has 6 N–H and O–H groups in total. The smallest absolute Gasteiger partial charge is 0.233 e. The van der Waals surface area contributed by atoms with Crippen molar-refractivity contribution in [1.29, 1.82) is 0 Å². The molecule has 6 heteroatoms. The van der Waals surface area contributed by atoms with Crippen LogP contribution in [0, 0.1) is 0 Å². The first kappa shape index (κ1) is 19.1. The predicted octanol–water partition coefficient (Wildman–Crippen LogP) is 2.27. The lowest BCUT2D eigenvalue weighted by Crippen LogP contribution is -2.32. The van der Waals surface area contributed by atoms with Gasteiger partial charge in [0.25, 0.3) is 0 Å². The van der Waals surface area contributed by atoms with Gasteiger partial charge in [-0.05, 0) is 47.9 Å². The maximum Gasteiger partial charge on any atom is 0.233 e. The molecule has 1 aliphatic rings. The van der Waals surface area contributed by atoms with Crippen molar-refractivity contribution in [3.05, 3.63) is 59.7 Å². The number of amides is 2. The SMILES string of the molecule is NNC(=O)CCCC1(CCCC(=O)NN)c2ccccc2-c2ccccc21. The average molecular weight is 366 g/mol. The molecule has 0 radical (unpaired) electrons. The number of benzene rings is 2. The van der Waals surface area contributed by atoms with E-state index in [1.54, 1.807) is 0 Å². The molecule has 0 atom stereocenters. The van der Waals surface area contributed by atoms with Crippen LogP contribution in [0.15, 0.2) is 48.5 Å². The molecule has 142 valence electrons. The Morgan fingerprint density at radius 2 is 1.15 bits per heavy atom. The summed E-state index contributed by atoms with van der Waals surface area (Å²) in [6.45, 7) is 0. The van der Waals surface area contributed by atoms with Crippen LogP contribution in [0.5, 0.6) is 0 Å². The number of hydrogen-bond acceptors (Lipinski definition) is 4. The number of carbonyl (C=O) groups is 2. The highest BCUT2D eigenvalue weighted by Crippen LogP contribution is 2.53. The highest BCUT2D eigenvalue weighted by molar-refractivity contribution is 5.81. The second-order valence-corrected chi connectivity index (χ2v) is 7.02. The lowest BCUT2D eigenvalue weighted by Gasteiger charge is -2.32. The minimum absolute atomic E-state index is 0.160. The number of hydrogen-bond donors (Lipinski definition) is 4. The molecular formula is C21H26N4O2. The van der Waals surface area contributed by atoms with Crippen LogP contribution in [0.25, 0.3) is 11.1 Å². The highest BCUT2D eigenvalue weighted by atomic mass is 16.2. The quantitative estimate of drug-likeness (QED) is 0.326. The fraction of sp³-hybridized carbons (Fsp3) is 0.333. The standard InChI is InChI=1S/C21H26N4O2/c22-24-19(26)11-5-13-21(14-6-12-20(27)25-23)17-9-3-1-7-15(17)16-8-2-4-10-18(16)21/h1-4,7-10H,5-6,11-14,22-23H2,(H,24,26)(H,25,27). The van der Waals surface area contributed by atoms with Gasteiger partial charge in [0.15, 0.2) is 0 Å². The van der Waals surface area contributed by atoms with E-state index < -0.39 is 0 Å². The van der Waals surface area contributed by atoms with E-state index >= 15 is 0 Å². The Bertz CT molecular complexity index is 765. The van der Waals surface area contributed by atoms with Crippen molar-refractivity contribution in [2.45, 2.75) is 43.9 Å². The van der Waals surface area contributed by atoms with E-state index in [1.165, 1.54) is 22.3 Å². The summed E-state index contributed by atoms with van der Waals surface area (Å²) in [5, 5.41) is 0. The zero-order valence-electron chi connectivity index (χ0n) is 15.3. The van der Waals surface area contributed by atoms with E-state index in [4.69, 9.17) is 11.7 Å². The third kappa shape index (κ3) is 3.72. The third-order valence-corrected chi connectivity index (χ3v) is 5.51. The Labute approximate surface area is 159 Å². The van der Waals surface area contributed by atoms with Gasteiger partial charge >= 0.3 is 0 Å². The van der Waals surface area contributed by atoms with Gasteiger partial charge in [-0.1, -0.05) is 48.5 Å². The number of nitrogens with two attached hydrogens (primary N) is 2. The normalized spacial score (nSPS) is 13.6. The van der Waals surface area contributed by atoms with Gasteiger partial charge in [-0.3, -0.25) is 20.4 Å². The monoisotopic (exact) mass is 366 g/mol. The molecule has 0 bridgehead atoms. The lowest BCUT2D eigenvalue weighted by atomic mass is 9.71. The Hall–Kier alpha value is -2.70. The van der Waals surface area contributed by atoms with Gasteiger partial charge in [0.05, 0.1) is 0 Å². The van der Waals surface area contributed by atoms with Gasteiger partial charge in [0, 0.05) is 18.3 Å². The minimum Gasteiger partial charge on any atom is -0.294 e. The van der Waals surface area contributed by atoms with Crippen molar-refractivity contribution in [3.8, 4) is 11.1 Å². The largest absolute Gasteiger partial charge is 0.294 e. The second kappa shape index (κ2) is 8.33. The molecule has 0 saturated heterocycles.